The summed E-state index contributed by atoms with van der Waals surface area (Å²) in [6.07, 6.45) is 0. The van der Waals surface area contributed by atoms with Gasteiger partial charge < -0.3 is 0 Å². The number of hydrogen-bond acceptors (Lipinski definition) is 3. The lowest BCUT2D eigenvalue weighted by atomic mass is 10.0. The molecule has 1 N–H and O–H groups in total. The molecule has 0 spiro atoms. The normalized spacial score (nSPS) is 14.2. The third kappa shape index (κ3) is 4.41. The lowest BCUT2D eigenvalue weighted by molar-refractivity contribution is -0.118. The van der Waals surface area contributed by atoms with Gasteiger partial charge in [-0.15, -0.1) is 11.6 Å². The van der Waals surface area contributed by atoms with Crippen LogP contribution in [0.1, 0.15) is 23.4 Å². The van der Waals surface area contributed by atoms with Crippen molar-refractivity contribution in [1.82, 2.24) is 4.72 Å². The number of sulfonamides is 1. The van der Waals surface area contributed by atoms with Crippen LogP contribution in [-0.4, -0.2) is 20.2 Å². The van der Waals surface area contributed by atoms with E-state index >= 15 is 0 Å². The molecule has 0 amide bonds. The van der Waals surface area contributed by atoms with Crippen molar-refractivity contribution < 1.29 is 13.2 Å². The number of carbonyl (C=O) groups is 1. The van der Waals surface area contributed by atoms with Crippen molar-refractivity contribution in [3.8, 4) is 0 Å². The molecule has 0 bridgehead atoms. The zero-order valence-electron chi connectivity index (χ0n) is 12.9. The maximum Gasteiger partial charge on any atom is 0.241 e. The Morgan fingerprint density at radius 2 is 1.61 bits per heavy atom. The third-order valence-electron chi connectivity index (χ3n) is 3.46. The Bertz CT molecular complexity index is 773. The number of carbonyl (C=O) groups excluding carboxylic acids is 1. The molecule has 23 heavy (non-hydrogen) atoms. The molecular weight excluding hydrogens is 334 g/mol. The van der Waals surface area contributed by atoms with Gasteiger partial charge in [0.15, 0.2) is 0 Å². The molecule has 2 aromatic rings. The van der Waals surface area contributed by atoms with Gasteiger partial charge in [-0.2, -0.15) is 4.72 Å². The number of rotatable bonds is 6. The molecule has 0 aliphatic heterocycles. The van der Waals surface area contributed by atoms with E-state index in [0.29, 0.717) is 5.56 Å². The molecule has 0 unspecified atom stereocenters. The number of halogens is 1. The maximum atomic E-state index is 12.5. The first-order valence-electron chi connectivity index (χ1n) is 7.10. The van der Waals surface area contributed by atoms with Gasteiger partial charge in [-0.25, -0.2) is 8.42 Å². The summed E-state index contributed by atoms with van der Waals surface area (Å²) in [6.45, 7) is 3.19. The molecule has 2 atom stereocenters. The summed E-state index contributed by atoms with van der Waals surface area (Å²) in [6, 6.07) is 14.3. The molecule has 2 aromatic carbocycles. The van der Waals surface area contributed by atoms with E-state index in [1.54, 1.807) is 36.4 Å². The van der Waals surface area contributed by atoms with Gasteiger partial charge in [-0.05, 0) is 31.5 Å². The predicted octanol–water partition coefficient (Wildman–Crippen LogP) is 3.21. The Balaban J connectivity index is 2.29. The quantitative estimate of drug-likeness (QED) is 0.813. The first-order valence-corrected chi connectivity index (χ1v) is 9.01. The number of ketones is 1. The van der Waals surface area contributed by atoms with Gasteiger partial charge in [0.1, 0.15) is 11.8 Å². The van der Waals surface area contributed by atoms with E-state index in [9.17, 15) is 13.2 Å². The molecular formula is C17H18ClNO3S. The summed E-state index contributed by atoms with van der Waals surface area (Å²) in [5.74, 6) is -0.343. The standard InChI is InChI=1S/C17H18ClNO3S/c1-12-8-10-15(11-9-12)23(21,22)19-17(13(2)20)16(18)14-6-4-3-5-7-14/h3-11,16-17,19H,1-2H3/t16-,17+/m1/s1. The van der Waals surface area contributed by atoms with Crippen LogP contribution >= 0.6 is 11.6 Å². The highest BCUT2D eigenvalue weighted by Gasteiger charge is 2.30. The highest BCUT2D eigenvalue weighted by atomic mass is 35.5. The minimum absolute atomic E-state index is 0.103. The van der Waals surface area contributed by atoms with Gasteiger partial charge in [0.25, 0.3) is 0 Å². The van der Waals surface area contributed by atoms with Gasteiger partial charge in [-0.3, -0.25) is 4.79 Å². The zero-order valence-corrected chi connectivity index (χ0v) is 14.4. The number of hydrogen-bond donors (Lipinski definition) is 1. The Morgan fingerprint density at radius 3 is 2.13 bits per heavy atom. The second-order valence-electron chi connectivity index (χ2n) is 5.34. The lowest BCUT2D eigenvalue weighted by Crippen LogP contribution is -2.42. The first kappa shape index (κ1) is 17.7. The van der Waals surface area contributed by atoms with Crippen molar-refractivity contribution in [2.75, 3.05) is 0 Å². The average molecular weight is 352 g/mol. The van der Waals surface area contributed by atoms with E-state index in [2.05, 4.69) is 4.72 Å². The Kier molecular flexibility index (Phi) is 5.57. The molecule has 0 fully saturated rings. The molecule has 0 aliphatic rings. The Morgan fingerprint density at radius 1 is 1.04 bits per heavy atom. The van der Waals surface area contributed by atoms with Gasteiger partial charge in [0, 0.05) is 0 Å². The number of aryl methyl sites for hydroxylation is 1. The summed E-state index contributed by atoms with van der Waals surface area (Å²) >= 11 is 6.34. The van der Waals surface area contributed by atoms with Gasteiger partial charge in [0.05, 0.1) is 10.3 Å². The average Bonchev–Trinajstić information content (AvgIpc) is 2.53. The first-order chi connectivity index (χ1) is 10.8. The summed E-state index contributed by atoms with van der Waals surface area (Å²) in [7, 11) is -3.83. The van der Waals surface area contributed by atoms with Gasteiger partial charge in [0.2, 0.25) is 10.0 Å². The maximum absolute atomic E-state index is 12.5. The highest BCUT2D eigenvalue weighted by molar-refractivity contribution is 7.89. The fourth-order valence-corrected chi connectivity index (χ4v) is 3.86. The summed E-state index contributed by atoms with van der Waals surface area (Å²) < 4.78 is 27.4. The molecule has 0 saturated heterocycles. The lowest BCUT2D eigenvalue weighted by Gasteiger charge is -2.21. The zero-order chi connectivity index (χ0) is 17.0. The molecule has 4 nitrogen and oxygen atoms in total. The largest absolute Gasteiger partial charge is 0.298 e. The van der Waals surface area contributed by atoms with Crippen LogP contribution in [0, 0.1) is 6.92 Å². The van der Waals surface area contributed by atoms with E-state index in [1.807, 2.05) is 13.0 Å². The number of nitrogens with one attached hydrogen (secondary N) is 1. The molecule has 122 valence electrons. The van der Waals surface area contributed by atoms with Gasteiger partial charge in [-0.1, -0.05) is 48.0 Å². The summed E-state index contributed by atoms with van der Waals surface area (Å²) in [5.41, 5.74) is 1.63. The molecule has 6 heteroatoms. The van der Waals surface area contributed by atoms with Gasteiger partial charge >= 0.3 is 0 Å². The second kappa shape index (κ2) is 7.25. The third-order valence-corrected chi connectivity index (χ3v) is 5.42. The van der Waals surface area contributed by atoms with Crippen LogP contribution in [0.5, 0.6) is 0 Å². The fraction of sp³-hybridized carbons (Fsp3) is 0.235. The van der Waals surface area contributed by atoms with Crippen LogP contribution in [0.25, 0.3) is 0 Å². The van der Waals surface area contributed by atoms with Crippen molar-refractivity contribution in [1.29, 1.82) is 0 Å². The predicted molar refractivity (Wildman–Crippen MR) is 91.0 cm³/mol. The second-order valence-corrected chi connectivity index (χ2v) is 7.52. The minimum Gasteiger partial charge on any atom is -0.298 e. The SMILES string of the molecule is CC(=O)[C@H](NS(=O)(=O)c1ccc(C)cc1)[C@H](Cl)c1ccccc1. The molecule has 0 aromatic heterocycles. The van der Waals surface area contributed by atoms with Crippen molar-refractivity contribution in [2.45, 2.75) is 30.2 Å². The van der Waals surface area contributed by atoms with E-state index in [4.69, 9.17) is 11.6 Å². The number of benzene rings is 2. The monoisotopic (exact) mass is 351 g/mol. The summed E-state index contributed by atoms with van der Waals surface area (Å²) in [5, 5.41) is -0.783. The van der Waals surface area contributed by atoms with Crippen molar-refractivity contribution >= 4 is 27.4 Å². The van der Waals surface area contributed by atoms with E-state index in [0.717, 1.165) is 5.56 Å². The smallest absolute Gasteiger partial charge is 0.241 e. The van der Waals surface area contributed by atoms with Crippen molar-refractivity contribution in [3.05, 3.63) is 65.7 Å². The highest BCUT2D eigenvalue weighted by Crippen LogP contribution is 2.26. The van der Waals surface area contributed by atoms with E-state index in [-0.39, 0.29) is 10.7 Å². The Labute approximate surface area is 141 Å². The molecule has 0 heterocycles. The van der Waals surface area contributed by atoms with Crippen LogP contribution in [-0.2, 0) is 14.8 Å². The minimum atomic E-state index is -3.83. The van der Waals surface area contributed by atoms with Crippen LogP contribution in [0.2, 0.25) is 0 Å². The number of alkyl halides is 1. The van der Waals surface area contributed by atoms with E-state index in [1.165, 1.54) is 19.1 Å². The van der Waals surface area contributed by atoms with Crippen molar-refractivity contribution in [2.24, 2.45) is 0 Å². The number of Topliss-reactive ketones (excluding diaryl/α,β-unsaturated/α-hetero) is 1. The Hall–Kier alpha value is -1.69. The molecule has 0 saturated carbocycles. The van der Waals surface area contributed by atoms with Crippen molar-refractivity contribution in [3.63, 3.8) is 0 Å². The molecule has 2 rings (SSSR count). The van der Waals surface area contributed by atoms with Crippen LogP contribution in [0.3, 0.4) is 0 Å². The van der Waals surface area contributed by atoms with Crippen LogP contribution < -0.4 is 4.72 Å². The van der Waals surface area contributed by atoms with Crippen LogP contribution in [0.4, 0.5) is 0 Å². The fourth-order valence-electron chi connectivity index (χ4n) is 2.13. The van der Waals surface area contributed by atoms with Crippen LogP contribution in [0.15, 0.2) is 59.5 Å². The molecule has 0 radical (unpaired) electrons. The van der Waals surface area contributed by atoms with E-state index < -0.39 is 21.4 Å². The topological polar surface area (TPSA) is 63.2 Å². The molecule has 0 aliphatic carbocycles. The summed E-state index contributed by atoms with van der Waals surface area (Å²) in [4.78, 5) is 12.0.